The number of carbonyl (C=O) groups is 1. The Morgan fingerprint density at radius 3 is 2.69 bits per heavy atom. The monoisotopic (exact) mass is 349 g/mol. The third-order valence-electron chi connectivity index (χ3n) is 4.84. The van der Waals surface area contributed by atoms with E-state index in [0.717, 1.165) is 23.2 Å². The molecule has 0 N–H and O–H groups in total. The summed E-state index contributed by atoms with van der Waals surface area (Å²) in [7, 11) is 0. The van der Waals surface area contributed by atoms with E-state index in [9.17, 15) is 14.9 Å². The lowest BCUT2D eigenvalue weighted by Gasteiger charge is -2.33. The summed E-state index contributed by atoms with van der Waals surface area (Å²) >= 11 is 0. The Hall–Kier alpha value is -3.20. The SMILES string of the molecule is CC1CCN(C(=O)CCc2ccc(C#N)cc2)c2ccc([N+](=O)[O-])cc21. The summed E-state index contributed by atoms with van der Waals surface area (Å²) in [5.74, 6) is 0.198. The lowest BCUT2D eigenvalue weighted by atomic mass is 9.90. The molecular formula is C20H19N3O3. The molecule has 1 aliphatic rings. The Kier molecular flexibility index (Phi) is 4.99. The van der Waals surface area contributed by atoms with Crippen LogP contribution in [-0.4, -0.2) is 17.4 Å². The number of amides is 1. The van der Waals surface area contributed by atoms with Gasteiger partial charge in [-0.2, -0.15) is 5.26 Å². The van der Waals surface area contributed by atoms with Gasteiger partial charge < -0.3 is 4.90 Å². The molecule has 0 spiro atoms. The van der Waals surface area contributed by atoms with Gasteiger partial charge in [-0.25, -0.2) is 0 Å². The number of fused-ring (bicyclic) bond motifs is 1. The molecule has 1 atom stereocenters. The zero-order chi connectivity index (χ0) is 18.7. The molecule has 132 valence electrons. The summed E-state index contributed by atoms with van der Waals surface area (Å²) in [6.45, 7) is 2.65. The fraction of sp³-hybridized carbons (Fsp3) is 0.300. The van der Waals surface area contributed by atoms with Gasteiger partial charge in [0.1, 0.15) is 0 Å². The molecule has 0 bridgehead atoms. The van der Waals surface area contributed by atoms with Crippen LogP contribution in [0.4, 0.5) is 11.4 Å². The lowest BCUT2D eigenvalue weighted by molar-refractivity contribution is -0.384. The summed E-state index contributed by atoms with van der Waals surface area (Å²) in [6, 6.07) is 14.0. The second-order valence-corrected chi connectivity index (χ2v) is 6.54. The van der Waals surface area contributed by atoms with Crippen LogP contribution in [0, 0.1) is 21.4 Å². The van der Waals surface area contributed by atoms with Gasteiger partial charge in [0.2, 0.25) is 5.91 Å². The fourth-order valence-corrected chi connectivity index (χ4v) is 3.29. The fourth-order valence-electron chi connectivity index (χ4n) is 3.29. The highest BCUT2D eigenvalue weighted by molar-refractivity contribution is 5.95. The number of benzene rings is 2. The predicted octanol–water partition coefficient (Wildman–Crippen LogP) is 3.94. The van der Waals surface area contributed by atoms with Crippen molar-refractivity contribution in [1.29, 1.82) is 5.26 Å². The number of hydrogen-bond donors (Lipinski definition) is 0. The summed E-state index contributed by atoms with van der Waals surface area (Å²) in [6.07, 6.45) is 1.74. The second kappa shape index (κ2) is 7.36. The molecule has 0 saturated heterocycles. The zero-order valence-corrected chi connectivity index (χ0v) is 14.5. The van der Waals surface area contributed by atoms with Crippen molar-refractivity contribution in [2.24, 2.45) is 0 Å². The molecule has 1 heterocycles. The quantitative estimate of drug-likeness (QED) is 0.618. The Morgan fingerprint density at radius 1 is 1.31 bits per heavy atom. The topological polar surface area (TPSA) is 87.2 Å². The molecule has 6 heteroatoms. The van der Waals surface area contributed by atoms with Crippen LogP contribution in [0.15, 0.2) is 42.5 Å². The van der Waals surface area contributed by atoms with Crippen LogP contribution in [-0.2, 0) is 11.2 Å². The molecule has 2 aromatic rings. The number of carbonyl (C=O) groups excluding carboxylic acids is 1. The van der Waals surface area contributed by atoms with Crippen molar-refractivity contribution in [3.63, 3.8) is 0 Å². The van der Waals surface area contributed by atoms with Gasteiger partial charge >= 0.3 is 0 Å². The molecule has 6 nitrogen and oxygen atoms in total. The summed E-state index contributed by atoms with van der Waals surface area (Å²) in [5, 5.41) is 19.9. The van der Waals surface area contributed by atoms with Crippen LogP contribution in [0.3, 0.4) is 0 Å². The Balaban J connectivity index is 1.75. The van der Waals surface area contributed by atoms with E-state index in [1.807, 2.05) is 19.1 Å². The van der Waals surface area contributed by atoms with Gasteiger partial charge in [0, 0.05) is 30.8 Å². The van der Waals surface area contributed by atoms with Crippen LogP contribution >= 0.6 is 0 Å². The molecule has 0 fully saturated rings. The third-order valence-corrected chi connectivity index (χ3v) is 4.84. The van der Waals surface area contributed by atoms with Gasteiger partial charge in [-0.15, -0.1) is 0 Å². The minimum Gasteiger partial charge on any atom is -0.312 e. The molecular weight excluding hydrogens is 330 g/mol. The minimum absolute atomic E-state index is 0.0105. The summed E-state index contributed by atoms with van der Waals surface area (Å²) < 4.78 is 0. The maximum absolute atomic E-state index is 12.7. The van der Waals surface area contributed by atoms with Crippen molar-refractivity contribution in [2.75, 3.05) is 11.4 Å². The van der Waals surface area contributed by atoms with Crippen molar-refractivity contribution in [3.8, 4) is 6.07 Å². The molecule has 3 rings (SSSR count). The molecule has 0 saturated carbocycles. The molecule has 1 amide bonds. The highest BCUT2D eigenvalue weighted by Gasteiger charge is 2.27. The summed E-state index contributed by atoms with van der Waals surface area (Å²) in [4.78, 5) is 25.1. The van der Waals surface area contributed by atoms with Crippen LogP contribution in [0.2, 0.25) is 0 Å². The van der Waals surface area contributed by atoms with Gasteiger partial charge in [0.15, 0.2) is 0 Å². The average Bonchev–Trinajstić information content (AvgIpc) is 2.66. The van der Waals surface area contributed by atoms with E-state index in [2.05, 4.69) is 6.07 Å². The van der Waals surface area contributed by atoms with E-state index in [-0.39, 0.29) is 17.5 Å². The number of nitriles is 1. The van der Waals surface area contributed by atoms with Crippen molar-refractivity contribution < 1.29 is 9.72 Å². The number of hydrogen-bond acceptors (Lipinski definition) is 4. The molecule has 0 aromatic heterocycles. The minimum atomic E-state index is -0.404. The first-order valence-electron chi connectivity index (χ1n) is 8.57. The van der Waals surface area contributed by atoms with Gasteiger partial charge in [-0.05, 0) is 48.1 Å². The van der Waals surface area contributed by atoms with Crippen LogP contribution in [0.25, 0.3) is 0 Å². The molecule has 2 aromatic carbocycles. The average molecular weight is 349 g/mol. The number of anilines is 1. The number of aryl methyl sites for hydroxylation is 1. The van der Waals surface area contributed by atoms with Crippen molar-refractivity contribution in [2.45, 2.75) is 32.1 Å². The van der Waals surface area contributed by atoms with Crippen molar-refractivity contribution >= 4 is 17.3 Å². The normalized spacial score (nSPS) is 15.8. The maximum Gasteiger partial charge on any atom is 0.269 e. The third kappa shape index (κ3) is 3.57. The van der Waals surface area contributed by atoms with Crippen LogP contribution in [0.5, 0.6) is 0 Å². The molecule has 1 aliphatic heterocycles. The van der Waals surface area contributed by atoms with Gasteiger partial charge in [0.25, 0.3) is 5.69 Å². The number of non-ortho nitro benzene ring substituents is 1. The van der Waals surface area contributed by atoms with E-state index < -0.39 is 4.92 Å². The first-order valence-corrected chi connectivity index (χ1v) is 8.57. The first kappa shape index (κ1) is 17.6. The van der Waals surface area contributed by atoms with Crippen molar-refractivity contribution in [3.05, 3.63) is 69.3 Å². The van der Waals surface area contributed by atoms with E-state index in [0.29, 0.717) is 24.9 Å². The molecule has 0 aliphatic carbocycles. The number of nitrogens with zero attached hydrogens (tertiary/aromatic N) is 3. The number of rotatable bonds is 4. The van der Waals surface area contributed by atoms with Gasteiger partial charge in [-0.1, -0.05) is 19.1 Å². The van der Waals surface area contributed by atoms with Crippen LogP contribution < -0.4 is 4.90 Å². The first-order chi connectivity index (χ1) is 12.5. The molecule has 1 unspecified atom stereocenters. The zero-order valence-electron chi connectivity index (χ0n) is 14.5. The second-order valence-electron chi connectivity index (χ2n) is 6.54. The lowest BCUT2D eigenvalue weighted by Crippen LogP contribution is -2.36. The standard InChI is InChI=1S/C20H19N3O3/c1-14-10-11-22(19-8-7-17(23(25)26)12-18(14)19)20(24)9-6-15-2-4-16(13-21)5-3-15/h2-5,7-8,12,14H,6,9-11H2,1H3. The number of nitro groups is 1. The van der Waals surface area contributed by atoms with E-state index in [4.69, 9.17) is 5.26 Å². The summed E-state index contributed by atoms with van der Waals surface area (Å²) in [5.41, 5.74) is 3.30. The van der Waals surface area contributed by atoms with Crippen LogP contribution in [0.1, 0.15) is 42.4 Å². The Labute approximate surface area is 151 Å². The number of nitro benzene ring substituents is 1. The van der Waals surface area contributed by atoms with Crippen molar-refractivity contribution in [1.82, 2.24) is 0 Å². The van der Waals surface area contributed by atoms with E-state index in [1.165, 1.54) is 6.07 Å². The van der Waals surface area contributed by atoms with E-state index >= 15 is 0 Å². The Morgan fingerprint density at radius 2 is 2.04 bits per heavy atom. The smallest absolute Gasteiger partial charge is 0.269 e. The van der Waals surface area contributed by atoms with Gasteiger partial charge in [0.05, 0.1) is 16.6 Å². The predicted molar refractivity (Wildman–Crippen MR) is 98.0 cm³/mol. The largest absolute Gasteiger partial charge is 0.312 e. The molecule has 0 radical (unpaired) electrons. The maximum atomic E-state index is 12.7. The Bertz CT molecular complexity index is 884. The highest BCUT2D eigenvalue weighted by atomic mass is 16.6. The molecule has 26 heavy (non-hydrogen) atoms. The van der Waals surface area contributed by atoms with E-state index in [1.54, 1.807) is 29.2 Å². The highest BCUT2D eigenvalue weighted by Crippen LogP contribution is 2.37. The van der Waals surface area contributed by atoms with Gasteiger partial charge in [-0.3, -0.25) is 14.9 Å².